The molecule has 2 aliphatic rings. The first-order valence-electron chi connectivity index (χ1n) is 13.4. The van der Waals surface area contributed by atoms with Crippen LogP contribution in [0.2, 0.25) is 0 Å². The van der Waals surface area contributed by atoms with Gasteiger partial charge in [-0.25, -0.2) is 9.29 Å². The van der Waals surface area contributed by atoms with Crippen LogP contribution in [-0.4, -0.2) is 27.5 Å². The summed E-state index contributed by atoms with van der Waals surface area (Å²) in [5, 5.41) is 4.56. The van der Waals surface area contributed by atoms with Crippen LogP contribution in [0.15, 0.2) is 105 Å². The summed E-state index contributed by atoms with van der Waals surface area (Å²) in [6.45, 7) is -0.251. The molecule has 2 aliphatic heterocycles. The van der Waals surface area contributed by atoms with Crippen molar-refractivity contribution >= 4 is 78.9 Å². The number of thiazole rings is 1. The molecule has 5 aromatic rings. The van der Waals surface area contributed by atoms with Gasteiger partial charge in [0, 0.05) is 21.0 Å². The quantitative estimate of drug-likeness (QED) is 0.218. The molecule has 3 unspecified atom stereocenters. The van der Waals surface area contributed by atoms with Gasteiger partial charge < -0.3 is 5.32 Å². The number of benzene rings is 4. The molecular formula is C32H21BrFN3O4S2. The zero-order chi connectivity index (χ0) is 29.8. The smallest absolute Gasteiger partial charge is 0.308 e. The molecule has 1 aromatic heterocycles. The molecular weight excluding hydrogens is 653 g/mol. The van der Waals surface area contributed by atoms with Crippen LogP contribution in [0.5, 0.6) is 0 Å². The summed E-state index contributed by atoms with van der Waals surface area (Å²) in [6.07, 6.45) is 0. The van der Waals surface area contributed by atoms with Gasteiger partial charge in [-0.2, -0.15) is 0 Å². The van der Waals surface area contributed by atoms with Gasteiger partial charge in [0.15, 0.2) is 0 Å². The number of carbonyl (C=O) groups is 3. The van der Waals surface area contributed by atoms with E-state index in [1.54, 1.807) is 0 Å². The Bertz CT molecular complexity index is 1990. The van der Waals surface area contributed by atoms with E-state index in [0.29, 0.717) is 15.6 Å². The van der Waals surface area contributed by atoms with Gasteiger partial charge in [0.2, 0.25) is 17.7 Å². The first kappa shape index (κ1) is 27.8. The molecule has 0 bridgehead atoms. The van der Waals surface area contributed by atoms with Gasteiger partial charge >= 0.3 is 4.87 Å². The SMILES string of the molecule is O=C(Cn1c2c(sc1=O)C(c1ccc(Br)cc1)C1C(=O)N(c3ccc(F)cc3)C(=O)C1S2)Nc1ccc2ccccc2c1. The second kappa shape index (κ2) is 10.9. The minimum atomic E-state index is -0.831. The molecule has 11 heteroatoms. The van der Waals surface area contributed by atoms with Gasteiger partial charge in [-0.15, -0.1) is 0 Å². The summed E-state index contributed by atoms with van der Waals surface area (Å²) < 4.78 is 15.9. The predicted molar refractivity (Wildman–Crippen MR) is 169 cm³/mol. The van der Waals surface area contributed by atoms with E-state index in [0.717, 1.165) is 48.8 Å². The van der Waals surface area contributed by atoms with E-state index < -0.39 is 34.7 Å². The number of anilines is 2. The van der Waals surface area contributed by atoms with E-state index in [1.807, 2.05) is 66.7 Å². The molecule has 0 spiro atoms. The summed E-state index contributed by atoms with van der Waals surface area (Å²) in [5.74, 6) is -3.08. The van der Waals surface area contributed by atoms with Gasteiger partial charge in [0.25, 0.3) is 0 Å². The summed E-state index contributed by atoms with van der Waals surface area (Å²) >= 11 is 5.57. The molecule has 3 amide bonds. The molecule has 7 rings (SSSR count). The average molecular weight is 675 g/mol. The maximum atomic E-state index is 13.9. The Balaban J connectivity index is 1.26. The highest BCUT2D eigenvalue weighted by atomic mass is 79.9. The number of hydrogen-bond acceptors (Lipinski definition) is 6. The zero-order valence-corrected chi connectivity index (χ0v) is 25.4. The summed E-state index contributed by atoms with van der Waals surface area (Å²) in [4.78, 5) is 55.7. The number of hydrogen-bond donors (Lipinski definition) is 1. The van der Waals surface area contributed by atoms with E-state index in [-0.39, 0.29) is 23.0 Å². The second-order valence-electron chi connectivity index (χ2n) is 10.3. The fourth-order valence-electron chi connectivity index (χ4n) is 5.74. The first-order chi connectivity index (χ1) is 20.8. The number of halogens is 2. The molecule has 43 heavy (non-hydrogen) atoms. The Labute approximate surface area is 261 Å². The molecule has 1 N–H and O–H groups in total. The van der Waals surface area contributed by atoms with Crippen LogP contribution >= 0.6 is 39.0 Å². The highest BCUT2D eigenvalue weighted by molar-refractivity contribution is 9.10. The second-order valence-corrected chi connectivity index (χ2v) is 13.4. The summed E-state index contributed by atoms with van der Waals surface area (Å²) in [5.41, 5.74) is 1.67. The van der Waals surface area contributed by atoms with Gasteiger partial charge in [0.05, 0.1) is 16.6 Å². The van der Waals surface area contributed by atoms with Crippen LogP contribution in [0.3, 0.4) is 0 Å². The number of rotatable bonds is 5. The number of fused-ring (bicyclic) bond motifs is 3. The van der Waals surface area contributed by atoms with Gasteiger partial charge in [-0.1, -0.05) is 81.5 Å². The average Bonchev–Trinajstić information content (AvgIpc) is 3.44. The lowest BCUT2D eigenvalue weighted by molar-refractivity contribution is -0.122. The molecule has 214 valence electrons. The maximum Gasteiger partial charge on any atom is 0.308 e. The van der Waals surface area contributed by atoms with E-state index in [9.17, 15) is 23.6 Å². The van der Waals surface area contributed by atoms with Crippen molar-refractivity contribution in [1.29, 1.82) is 0 Å². The number of nitrogens with zero attached hydrogens (tertiary/aromatic N) is 2. The van der Waals surface area contributed by atoms with Crippen LogP contribution in [0, 0.1) is 11.7 Å². The molecule has 0 saturated carbocycles. The van der Waals surface area contributed by atoms with Crippen molar-refractivity contribution in [3.8, 4) is 0 Å². The number of aromatic nitrogens is 1. The van der Waals surface area contributed by atoms with Crippen molar-refractivity contribution in [1.82, 2.24) is 4.57 Å². The van der Waals surface area contributed by atoms with E-state index in [1.165, 1.54) is 28.8 Å². The third-order valence-electron chi connectivity index (χ3n) is 7.70. The standard InChI is InChI=1S/C32H21BrFN3O4S2/c33-20-8-5-18(6-9-20)25-26-27(30(40)37(29(26)39)23-13-10-21(34)11-14-23)42-31-28(25)43-32(41)36(31)16-24(38)35-22-12-7-17-3-1-2-4-19(17)15-22/h1-15,25-27H,16H2,(H,35,38). The first-order valence-corrected chi connectivity index (χ1v) is 15.8. The third-order valence-corrected chi connectivity index (χ3v) is 10.8. The lowest BCUT2D eigenvalue weighted by atomic mass is 9.83. The van der Waals surface area contributed by atoms with Gasteiger partial charge in [0.1, 0.15) is 17.6 Å². The van der Waals surface area contributed by atoms with Crippen molar-refractivity contribution < 1.29 is 18.8 Å². The summed E-state index contributed by atoms with van der Waals surface area (Å²) in [6, 6.07) is 26.1. The normalized spacial score (nSPS) is 19.4. The molecule has 3 heterocycles. The lowest BCUT2D eigenvalue weighted by Crippen LogP contribution is -2.33. The number of nitrogens with one attached hydrogen (secondary N) is 1. The number of amides is 3. The highest BCUT2D eigenvalue weighted by Crippen LogP contribution is 2.54. The van der Waals surface area contributed by atoms with Crippen LogP contribution in [0.25, 0.3) is 10.8 Å². The molecule has 4 aromatic carbocycles. The Morgan fingerprint density at radius 1 is 0.884 bits per heavy atom. The number of carbonyl (C=O) groups excluding carboxylic acids is 3. The van der Waals surface area contributed by atoms with Crippen molar-refractivity contribution in [2.45, 2.75) is 22.7 Å². The lowest BCUT2D eigenvalue weighted by Gasteiger charge is -2.30. The van der Waals surface area contributed by atoms with Crippen LogP contribution in [-0.2, 0) is 20.9 Å². The van der Waals surface area contributed by atoms with Crippen LogP contribution < -0.4 is 15.1 Å². The topological polar surface area (TPSA) is 88.5 Å². The largest absolute Gasteiger partial charge is 0.325 e. The third kappa shape index (κ3) is 4.91. The number of thioether (sulfide) groups is 1. The van der Waals surface area contributed by atoms with Crippen molar-refractivity contribution in [2.75, 3.05) is 10.2 Å². The van der Waals surface area contributed by atoms with E-state index in [4.69, 9.17) is 0 Å². The monoisotopic (exact) mass is 673 g/mol. The minimum absolute atomic E-state index is 0.251. The number of imide groups is 1. The Kier molecular flexibility index (Phi) is 7.03. The molecule has 0 radical (unpaired) electrons. The van der Waals surface area contributed by atoms with Gasteiger partial charge in [-0.3, -0.25) is 23.7 Å². The van der Waals surface area contributed by atoms with E-state index >= 15 is 0 Å². The van der Waals surface area contributed by atoms with Crippen molar-refractivity contribution in [3.05, 3.63) is 121 Å². The maximum absolute atomic E-state index is 13.9. The molecule has 0 aliphatic carbocycles. The Morgan fingerprint density at radius 2 is 1.60 bits per heavy atom. The fourth-order valence-corrected chi connectivity index (χ4v) is 8.78. The van der Waals surface area contributed by atoms with Gasteiger partial charge in [-0.05, 0) is 64.9 Å². The zero-order valence-electron chi connectivity index (χ0n) is 22.2. The molecule has 3 atom stereocenters. The van der Waals surface area contributed by atoms with Crippen molar-refractivity contribution in [3.63, 3.8) is 0 Å². The molecule has 1 saturated heterocycles. The molecule has 1 fully saturated rings. The summed E-state index contributed by atoms with van der Waals surface area (Å²) in [7, 11) is 0. The van der Waals surface area contributed by atoms with Crippen LogP contribution in [0.4, 0.5) is 15.8 Å². The fraction of sp³-hybridized carbons (Fsp3) is 0.125. The highest BCUT2D eigenvalue weighted by Gasteiger charge is 2.56. The Morgan fingerprint density at radius 3 is 2.35 bits per heavy atom. The van der Waals surface area contributed by atoms with Crippen LogP contribution in [0.1, 0.15) is 16.4 Å². The predicted octanol–water partition coefficient (Wildman–Crippen LogP) is 6.40. The van der Waals surface area contributed by atoms with Crippen molar-refractivity contribution in [2.24, 2.45) is 5.92 Å². The van der Waals surface area contributed by atoms with E-state index in [2.05, 4.69) is 21.2 Å². The minimum Gasteiger partial charge on any atom is -0.325 e. The molecule has 7 nitrogen and oxygen atoms in total. The Hall–Kier alpha value is -4.06.